The Bertz CT molecular complexity index is 513. The predicted molar refractivity (Wildman–Crippen MR) is 78.4 cm³/mol. The first-order chi connectivity index (χ1) is 9.18. The maximum absolute atomic E-state index is 12.6. The van der Waals surface area contributed by atoms with Crippen molar-refractivity contribution in [2.75, 3.05) is 6.54 Å². The van der Waals surface area contributed by atoms with Crippen LogP contribution in [0.25, 0.3) is 0 Å². The molecule has 3 nitrogen and oxygen atoms in total. The molecule has 2 aliphatic rings. The molecule has 1 saturated carbocycles. The maximum atomic E-state index is 12.6. The van der Waals surface area contributed by atoms with Crippen molar-refractivity contribution < 1.29 is 9.59 Å². The van der Waals surface area contributed by atoms with Crippen molar-refractivity contribution in [1.29, 1.82) is 0 Å². The van der Waals surface area contributed by atoms with E-state index >= 15 is 0 Å². The number of Topliss-reactive ketones (excluding diaryl/α,β-unsaturated/α-hetero) is 1. The second-order valence-electron chi connectivity index (χ2n) is 5.27. The molecule has 2 atom stereocenters. The molecule has 2 heterocycles. The normalized spacial score (nSPS) is 27.2. The Hall–Kier alpha value is -0.680. The largest absolute Gasteiger partial charge is 0.334 e. The van der Waals surface area contributed by atoms with E-state index in [0.717, 1.165) is 41.6 Å². The van der Waals surface area contributed by atoms with E-state index in [1.165, 1.54) is 11.3 Å². The number of nitrogens with zero attached hydrogens (tertiary/aromatic N) is 1. The summed E-state index contributed by atoms with van der Waals surface area (Å²) < 4.78 is 0.867. The molecule has 1 saturated heterocycles. The summed E-state index contributed by atoms with van der Waals surface area (Å²) in [5, 5.41) is 1.92. The number of carbonyl (C=O) groups is 2. The summed E-state index contributed by atoms with van der Waals surface area (Å²) in [5.74, 6) is 0.532. The van der Waals surface area contributed by atoms with Crippen molar-refractivity contribution in [3.63, 3.8) is 0 Å². The number of amides is 1. The number of carbonyl (C=O) groups excluding carboxylic acids is 2. The van der Waals surface area contributed by atoms with Crippen LogP contribution in [0.5, 0.6) is 0 Å². The molecule has 1 aliphatic carbocycles. The van der Waals surface area contributed by atoms with Crippen molar-refractivity contribution >= 4 is 39.0 Å². The van der Waals surface area contributed by atoms with Crippen LogP contribution in [0.3, 0.4) is 0 Å². The van der Waals surface area contributed by atoms with Crippen LogP contribution in [0.15, 0.2) is 15.9 Å². The Morgan fingerprint density at radius 3 is 2.84 bits per heavy atom. The molecule has 19 heavy (non-hydrogen) atoms. The standard InChI is InChI=1S/C14H16BrNO2S/c15-10-6-8-19-13(10)14(18)16-7-2-4-11(16)9-3-1-5-12(9)17/h6,8-9,11H,1-5,7H2. The summed E-state index contributed by atoms with van der Waals surface area (Å²) in [7, 11) is 0. The first-order valence-electron chi connectivity index (χ1n) is 6.75. The van der Waals surface area contributed by atoms with Crippen LogP contribution < -0.4 is 0 Å². The Morgan fingerprint density at radius 1 is 1.37 bits per heavy atom. The minimum atomic E-state index is 0.0871. The first kappa shape index (κ1) is 13.3. The van der Waals surface area contributed by atoms with Crippen LogP contribution in [0.4, 0.5) is 0 Å². The average Bonchev–Trinajstić information content (AvgIpc) is 3.07. The number of thiophene rings is 1. The topological polar surface area (TPSA) is 37.4 Å². The van der Waals surface area contributed by atoms with E-state index in [-0.39, 0.29) is 17.9 Å². The number of hydrogen-bond donors (Lipinski definition) is 0. The second-order valence-corrected chi connectivity index (χ2v) is 7.04. The molecular formula is C14H16BrNO2S. The summed E-state index contributed by atoms with van der Waals surface area (Å²) in [4.78, 5) is 27.2. The van der Waals surface area contributed by atoms with E-state index in [1.807, 2.05) is 16.3 Å². The zero-order valence-electron chi connectivity index (χ0n) is 10.6. The van der Waals surface area contributed by atoms with E-state index < -0.39 is 0 Å². The molecule has 3 rings (SSSR count). The van der Waals surface area contributed by atoms with Crippen molar-refractivity contribution in [2.24, 2.45) is 5.92 Å². The zero-order chi connectivity index (χ0) is 13.4. The highest BCUT2D eigenvalue weighted by Gasteiger charge is 2.40. The number of hydrogen-bond acceptors (Lipinski definition) is 3. The fraction of sp³-hybridized carbons (Fsp3) is 0.571. The third kappa shape index (κ3) is 2.38. The highest BCUT2D eigenvalue weighted by molar-refractivity contribution is 9.10. The van der Waals surface area contributed by atoms with Gasteiger partial charge in [-0.2, -0.15) is 0 Å². The van der Waals surface area contributed by atoms with E-state index in [2.05, 4.69) is 15.9 Å². The van der Waals surface area contributed by atoms with Crippen LogP contribution in [0.1, 0.15) is 41.8 Å². The Morgan fingerprint density at radius 2 is 2.21 bits per heavy atom. The summed E-state index contributed by atoms with van der Waals surface area (Å²) in [6.45, 7) is 0.789. The lowest BCUT2D eigenvalue weighted by molar-refractivity contribution is -0.121. The van der Waals surface area contributed by atoms with Gasteiger partial charge in [-0.25, -0.2) is 0 Å². The predicted octanol–water partition coefficient (Wildman–Crippen LogP) is 3.48. The van der Waals surface area contributed by atoms with Gasteiger partial charge >= 0.3 is 0 Å². The smallest absolute Gasteiger partial charge is 0.265 e. The molecule has 5 heteroatoms. The molecule has 2 fully saturated rings. The lowest BCUT2D eigenvalue weighted by Gasteiger charge is -2.28. The third-order valence-electron chi connectivity index (χ3n) is 4.19. The van der Waals surface area contributed by atoms with Crippen LogP contribution in [0.2, 0.25) is 0 Å². The minimum Gasteiger partial charge on any atom is -0.334 e. The van der Waals surface area contributed by atoms with Gasteiger partial charge in [-0.1, -0.05) is 0 Å². The molecule has 1 aromatic rings. The fourth-order valence-electron chi connectivity index (χ4n) is 3.29. The average molecular weight is 342 g/mol. The minimum absolute atomic E-state index is 0.0871. The summed E-state index contributed by atoms with van der Waals surface area (Å²) in [6, 6.07) is 2.04. The molecule has 0 radical (unpaired) electrons. The van der Waals surface area contributed by atoms with Crippen LogP contribution in [0, 0.1) is 5.92 Å². The fourth-order valence-corrected chi connectivity index (χ4v) is 4.79. The SMILES string of the molecule is O=C1CCCC1C1CCCN1C(=O)c1sccc1Br. The molecule has 1 amide bonds. The lowest BCUT2D eigenvalue weighted by atomic mass is 9.95. The Labute approximate surface area is 125 Å². The highest BCUT2D eigenvalue weighted by atomic mass is 79.9. The number of rotatable bonds is 2. The molecule has 0 aromatic carbocycles. The van der Waals surface area contributed by atoms with Gasteiger partial charge in [0.2, 0.25) is 0 Å². The number of halogens is 1. The Kier molecular flexibility index (Phi) is 3.76. The highest BCUT2D eigenvalue weighted by Crippen LogP contribution is 2.35. The van der Waals surface area contributed by atoms with E-state index in [1.54, 1.807) is 0 Å². The van der Waals surface area contributed by atoms with Gasteiger partial charge < -0.3 is 4.90 Å². The summed E-state index contributed by atoms with van der Waals surface area (Å²) in [6.07, 6.45) is 4.64. The third-order valence-corrected chi connectivity index (χ3v) is 6.01. The van der Waals surface area contributed by atoms with Gasteiger partial charge in [-0.3, -0.25) is 9.59 Å². The number of likely N-dealkylation sites (tertiary alicyclic amines) is 1. The van der Waals surface area contributed by atoms with Gasteiger partial charge in [0.25, 0.3) is 5.91 Å². The van der Waals surface area contributed by atoms with Crippen molar-refractivity contribution in [3.05, 3.63) is 20.8 Å². The van der Waals surface area contributed by atoms with Gasteiger partial charge in [0.1, 0.15) is 10.7 Å². The molecule has 2 unspecified atom stereocenters. The quantitative estimate of drug-likeness (QED) is 0.825. The van der Waals surface area contributed by atoms with Gasteiger partial charge in [0, 0.05) is 29.4 Å². The molecule has 1 aliphatic heterocycles. The number of ketones is 1. The van der Waals surface area contributed by atoms with Crippen LogP contribution in [-0.4, -0.2) is 29.2 Å². The van der Waals surface area contributed by atoms with Gasteiger partial charge in [-0.05, 0) is 53.1 Å². The lowest BCUT2D eigenvalue weighted by Crippen LogP contribution is -2.41. The molecular weight excluding hydrogens is 326 g/mol. The Balaban J connectivity index is 1.81. The van der Waals surface area contributed by atoms with Crippen LogP contribution >= 0.6 is 27.3 Å². The van der Waals surface area contributed by atoms with E-state index in [0.29, 0.717) is 12.2 Å². The van der Waals surface area contributed by atoms with Crippen LogP contribution in [-0.2, 0) is 4.79 Å². The van der Waals surface area contributed by atoms with Crippen molar-refractivity contribution in [3.8, 4) is 0 Å². The van der Waals surface area contributed by atoms with Gasteiger partial charge in [0.15, 0.2) is 0 Å². The van der Waals surface area contributed by atoms with Gasteiger partial charge in [0.05, 0.1) is 0 Å². The second kappa shape index (κ2) is 5.37. The molecule has 1 aromatic heterocycles. The summed E-state index contributed by atoms with van der Waals surface area (Å²) >= 11 is 4.89. The van der Waals surface area contributed by atoms with E-state index in [4.69, 9.17) is 0 Å². The summed E-state index contributed by atoms with van der Waals surface area (Å²) in [5.41, 5.74) is 0. The molecule has 0 N–H and O–H groups in total. The van der Waals surface area contributed by atoms with E-state index in [9.17, 15) is 9.59 Å². The van der Waals surface area contributed by atoms with Gasteiger partial charge in [-0.15, -0.1) is 11.3 Å². The van der Waals surface area contributed by atoms with Crippen molar-refractivity contribution in [1.82, 2.24) is 4.90 Å². The monoisotopic (exact) mass is 341 g/mol. The zero-order valence-corrected chi connectivity index (χ0v) is 13.0. The first-order valence-corrected chi connectivity index (χ1v) is 8.42. The molecule has 0 bridgehead atoms. The molecule has 102 valence electrons. The van der Waals surface area contributed by atoms with Crippen molar-refractivity contribution in [2.45, 2.75) is 38.1 Å². The molecule has 0 spiro atoms. The maximum Gasteiger partial charge on any atom is 0.265 e.